The molecule has 1 saturated carbocycles. The first-order valence-electron chi connectivity index (χ1n) is 7.50. The fraction of sp³-hybridized carbons (Fsp3) is 0.733. The van der Waals surface area contributed by atoms with Crippen molar-refractivity contribution in [3.05, 3.63) is 18.7 Å². The highest BCUT2D eigenvalue weighted by atomic mass is 16.5. The van der Waals surface area contributed by atoms with E-state index in [9.17, 15) is 4.79 Å². The molecule has 0 unspecified atom stereocenters. The Labute approximate surface area is 119 Å². The van der Waals surface area contributed by atoms with E-state index in [2.05, 4.69) is 14.9 Å². The van der Waals surface area contributed by atoms with Gasteiger partial charge < -0.3 is 14.6 Å². The van der Waals surface area contributed by atoms with Crippen LogP contribution < -0.4 is 5.32 Å². The largest absolute Gasteiger partial charge is 0.365 e. The number of nitrogens with one attached hydrogen (secondary N) is 1. The van der Waals surface area contributed by atoms with Crippen molar-refractivity contribution in [2.24, 2.45) is 5.41 Å². The van der Waals surface area contributed by atoms with Crippen LogP contribution in [0.5, 0.6) is 0 Å². The van der Waals surface area contributed by atoms with Gasteiger partial charge in [0.1, 0.15) is 5.60 Å². The highest BCUT2D eigenvalue weighted by Gasteiger charge is 2.44. The van der Waals surface area contributed by atoms with Crippen LogP contribution in [0.2, 0.25) is 0 Å². The summed E-state index contributed by atoms with van der Waals surface area (Å²) in [5.74, 6) is 0.0501. The van der Waals surface area contributed by atoms with Crippen LogP contribution >= 0.6 is 0 Å². The molecule has 20 heavy (non-hydrogen) atoms. The summed E-state index contributed by atoms with van der Waals surface area (Å²) < 4.78 is 7.79. The lowest BCUT2D eigenvalue weighted by atomic mass is 9.94. The van der Waals surface area contributed by atoms with Crippen molar-refractivity contribution < 1.29 is 9.53 Å². The summed E-state index contributed by atoms with van der Waals surface area (Å²) in [7, 11) is 0. The molecule has 2 fully saturated rings. The van der Waals surface area contributed by atoms with Gasteiger partial charge in [-0.1, -0.05) is 0 Å². The quantitative estimate of drug-likeness (QED) is 0.892. The number of hydrogen-bond acceptors (Lipinski definition) is 3. The first-order chi connectivity index (χ1) is 9.62. The average molecular weight is 277 g/mol. The first-order valence-corrected chi connectivity index (χ1v) is 7.50. The molecule has 0 aromatic carbocycles. The van der Waals surface area contributed by atoms with Gasteiger partial charge in [-0.15, -0.1) is 0 Å². The smallest absolute Gasteiger partial charge is 0.251 e. The molecule has 3 rings (SSSR count). The van der Waals surface area contributed by atoms with Gasteiger partial charge in [0, 0.05) is 37.5 Å². The first kappa shape index (κ1) is 13.6. The summed E-state index contributed by atoms with van der Waals surface area (Å²) in [6.07, 6.45) is 10.9. The summed E-state index contributed by atoms with van der Waals surface area (Å²) in [6, 6.07) is 0. The number of hydrogen-bond donors (Lipinski definition) is 1. The zero-order valence-electron chi connectivity index (χ0n) is 12.1. The second-order valence-electron chi connectivity index (χ2n) is 6.45. The summed E-state index contributed by atoms with van der Waals surface area (Å²) in [5.41, 5.74) is -0.398. The van der Waals surface area contributed by atoms with E-state index in [1.807, 2.05) is 19.4 Å². The number of aromatic nitrogens is 2. The van der Waals surface area contributed by atoms with E-state index in [4.69, 9.17) is 4.74 Å². The molecule has 1 aliphatic heterocycles. The molecule has 1 aromatic rings. The van der Waals surface area contributed by atoms with Gasteiger partial charge in [-0.2, -0.15) is 0 Å². The third kappa shape index (κ3) is 2.87. The molecule has 0 spiro atoms. The lowest BCUT2D eigenvalue weighted by Crippen LogP contribution is -2.50. The standard InChI is InChI=1S/C15H23N3O2/c1-14(4-2-3-9-20-14)13(19)17-10-15(5-6-15)11-18-8-7-16-12-18/h7-8,12H,2-6,9-11H2,1H3,(H,17,19)/t14-/m1/s1. The molecule has 0 radical (unpaired) electrons. The van der Waals surface area contributed by atoms with Crippen LogP contribution in [0.4, 0.5) is 0 Å². The number of rotatable bonds is 5. The van der Waals surface area contributed by atoms with Gasteiger partial charge in [0.2, 0.25) is 0 Å². The topological polar surface area (TPSA) is 56.2 Å². The lowest BCUT2D eigenvalue weighted by molar-refractivity contribution is -0.150. The summed E-state index contributed by atoms with van der Waals surface area (Å²) in [4.78, 5) is 16.4. The van der Waals surface area contributed by atoms with Crippen molar-refractivity contribution in [3.8, 4) is 0 Å². The highest BCUT2D eigenvalue weighted by Crippen LogP contribution is 2.46. The van der Waals surface area contributed by atoms with Gasteiger partial charge in [0.15, 0.2) is 0 Å². The third-order valence-electron chi connectivity index (χ3n) is 4.61. The number of amides is 1. The molecule has 5 heteroatoms. The number of ether oxygens (including phenoxy) is 1. The normalized spacial score (nSPS) is 28.1. The molecule has 1 atom stereocenters. The van der Waals surface area contributed by atoms with E-state index in [-0.39, 0.29) is 11.3 Å². The van der Waals surface area contributed by atoms with Crippen LogP contribution in [0.15, 0.2) is 18.7 Å². The van der Waals surface area contributed by atoms with Crippen LogP contribution in [-0.2, 0) is 16.1 Å². The van der Waals surface area contributed by atoms with E-state index in [0.717, 1.165) is 32.4 Å². The van der Waals surface area contributed by atoms with Crippen LogP contribution in [-0.4, -0.2) is 34.2 Å². The molecule has 1 aromatic heterocycles. The van der Waals surface area contributed by atoms with E-state index in [0.29, 0.717) is 6.61 Å². The Balaban J connectivity index is 1.52. The van der Waals surface area contributed by atoms with Crippen LogP contribution in [0.1, 0.15) is 39.0 Å². The van der Waals surface area contributed by atoms with Crippen LogP contribution in [0.3, 0.4) is 0 Å². The Morgan fingerprint density at radius 1 is 1.40 bits per heavy atom. The minimum Gasteiger partial charge on any atom is -0.365 e. The van der Waals surface area contributed by atoms with Crippen molar-refractivity contribution in [2.75, 3.05) is 13.2 Å². The predicted octanol–water partition coefficient (Wildman–Crippen LogP) is 1.74. The van der Waals surface area contributed by atoms with Crippen molar-refractivity contribution >= 4 is 5.91 Å². The number of carbonyl (C=O) groups is 1. The molecule has 1 saturated heterocycles. The summed E-state index contributed by atoms with van der Waals surface area (Å²) in [5, 5.41) is 3.11. The molecule has 2 aliphatic rings. The van der Waals surface area contributed by atoms with Crippen molar-refractivity contribution in [2.45, 2.75) is 51.2 Å². The third-order valence-corrected chi connectivity index (χ3v) is 4.61. The Hall–Kier alpha value is -1.36. The monoisotopic (exact) mass is 277 g/mol. The summed E-state index contributed by atoms with van der Waals surface area (Å²) in [6.45, 7) is 4.29. The van der Waals surface area contributed by atoms with Gasteiger partial charge in [0.05, 0.1) is 6.33 Å². The van der Waals surface area contributed by atoms with Gasteiger partial charge in [0.25, 0.3) is 5.91 Å². The zero-order chi connectivity index (χ0) is 14.1. The highest BCUT2D eigenvalue weighted by molar-refractivity contribution is 5.84. The number of nitrogens with zero attached hydrogens (tertiary/aromatic N) is 2. The molecular weight excluding hydrogens is 254 g/mol. The molecule has 1 aliphatic carbocycles. The predicted molar refractivity (Wildman–Crippen MR) is 75.1 cm³/mol. The van der Waals surface area contributed by atoms with Gasteiger partial charge in [-0.3, -0.25) is 4.79 Å². The average Bonchev–Trinajstić information content (AvgIpc) is 3.01. The Bertz CT molecular complexity index is 459. The second kappa shape index (κ2) is 5.20. The van der Waals surface area contributed by atoms with Gasteiger partial charge in [-0.25, -0.2) is 4.98 Å². The van der Waals surface area contributed by atoms with E-state index >= 15 is 0 Å². The molecule has 0 bridgehead atoms. The fourth-order valence-corrected chi connectivity index (χ4v) is 2.90. The Morgan fingerprint density at radius 3 is 2.85 bits per heavy atom. The Morgan fingerprint density at radius 2 is 2.25 bits per heavy atom. The summed E-state index contributed by atoms with van der Waals surface area (Å²) >= 11 is 0. The molecule has 110 valence electrons. The fourth-order valence-electron chi connectivity index (χ4n) is 2.90. The van der Waals surface area contributed by atoms with Crippen LogP contribution in [0, 0.1) is 5.41 Å². The maximum absolute atomic E-state index is 12.3. The molecule has 1 amide bonds. The van der Waals surface area contributed by atoms with Crippen molar-refractivity contribution in [1.82, 2.24) is 14.9 Å². The van der Waals surface area contributed by atoms with Crippen molar-refractivity contribution in [1.29, 1.82) is 0 Å². The number of carbonyl (C=O) groups excluding carboxylic acids is 1. The van der Waals surface area contributed by atoms with E-state index in [1.54, 1.807) is 6.20 Å². The maximum Gasteiger partial charge on any atom is 0.251 e. The minimum absolute atomic E-state index is 0.0501. The van der Waals surface area contributed by atoms with E-state index in [1.165, 1.54) is 12.8 Å². The molecule has 5 nitrogen and oxygen atoms in total. The van der Waals surface area contributed by atoms with Crippen LogP contribution in [0.25, 0.3) is 0 Å². The SMILES string of the molecule is C[C@]1(C(=O)NCC2(Cn3ccnc3)CC2)CCCCO1. The zero-order valence-corrected chi connectivity index (χ0v) is 12.1. The van der Waals surface area contributed by atoms with Gasteiger partial charge >= 0.3 is 0 Å². The second-order valence-corrected chi connectivity index (χ2v) is 6.45. The molecule has 2 heterocycles. The Kier molecular flexibility index (Phi) is 3.54. The lowest BCUT2D eigenvalue weighted by Gasteiger charge is -2.33. The number of imidazole rings is 1. The molecule has 1 N–H and O–H groups in total. The molecular formula is C15H23N3O2. The van der Waals surface area contributed by atoms with E-state index < -0.39 is 5.60 Å². The van der Waals surface area contributed by atoms with Crippen molar-refractivity contribution in [3.63, 3.8) is 0 Å². The minimum atomic E-state index is -0.622. The van der Waals surface area contributed by atoms with Gasteiger partial charge in [-0.05, 0) is 39.0 Å². The maximum atomic E-state index is 12.3.